The van der Waals surface area contributed by atoms with Gasteiger partial charge in [0.05, 0.1) is 7.11 Å². The van der Waals surface area contributed by atoms with E-state index >= 15 is 0 Å². The Bertz CT molecular complexity index is 634. The van der Waals surface area contributed by atoms with Crippen LogP contribution in [0.15, 0.2) is 18.2 Å². The van der Waals surface area contributed by atoms with Gasteiger partial charge < -0.3 is 23.8 Å². The fourth-order valence-electron chi connectivity index (χ4n) is 2.40. The number of likely N-dealkylation sites (N-methyl/N-ethyl adjacent to an activating group) is 1. The first kappa shape index (κ1) is 18.6. The molecule has 0 saturated heterocycles. The highest BCUT2D eigenvalue weighted by molar-refractivity contribution is 5.89. The molecule has 7 heteroatoms. The highest BCUT2D eigenvalue weighted by Crippen LogP contribution is 2.40. The Hall–Kier alpha value is -2.70. The fourth-order valence-corrected chi connectivity index (χ4v) is 2.40. The molecule has 1 aromatic rings. The van der Waals surface area contributed by atoms with Gasteiger partial charge in [0.2, 0.25) is 5.75 Å². The zero-order valence-electron chi connectivity index (χ0n) is 14.7. The van der Waals surface area contributed by atoms with E-state index < -0.39 is 5.97 Å². The summed E-state index contributed by atoms with van der Waals surface area (Å²) in [7, 11) is 1.54. The van der Waals surface area contributed by atoms with Crippen molar-refractivity contribution in [1.29, 1.82) is 0 Å². The number of nitrogens with zero attached hydrogens (tertiary/aromatic N) is 1. The Kier molecular flexibility index (Phi) is 6.68. The number of hydrogen-bond acceptors (Lipinski definition) is 6. The highest BCUT2D eigenvalue weighted by atomic mass is 16.6. The normalized spacial score (nSPS) is 12.8. The van der Waals surface area contributed by atoms with E-state index in [9.17, 15) is 9.59 Å². The summed E-state index contributed by atoms with van der Waals surface area (Å²) in [4.78, 5) is 25.2. The summed E-state index contributed by atoms with van der Waals surface area (Å²) < 4.78 is 21.3. The van der Waals surface area contributed by atoms with Gasteiger partial charge in [0.1, 0.15) is 13.2 Å². The van der Waals surface area contributed by atoms with Crippen molar-refractivity contribution in [3.8, 4) is 17.2 Å². The molecule has 0 N–H and O–H groups in total. The van der Waals surface area contributed by atoms with E-state index in [1.807, 2.05) is 13.8 Å². The van der Waals surface area contributed by atoms with Crippen LogP contribution in [0, 0.1) is 0 Å². The molecule has 0 spiro atoms. The van der Waals surface area contributed by atoms with Crippen LogP contribution in [0.1, 0.15) is 19.4 Å². The number of carbonyl (C=O) groups excluding carboxylic acids is 2. The molecule has 0 bridgehead atoms. The Morgan fingerprint density at radius 1 is 1.20 bits per heavy atom. The van der Waals surface area contributed by atoms with Gasteiger partial charge in [0, 0.05) is 19.2 Å². The van der Waals surface area contributed by atoms with E-state index in [0.717, 1.165) is 0 Å². The molecule has 0 aliphatic carbocycles. The number of fused-ring (bicyclic) bond motifs is 1. The molecule has 1 heterocycles. The number of carbonyl (C=O) groups is 2. The Morgan fingerprint density at radius 3 is 2.60 bits per heavy atom. The molecule has 1 aromatic carbocycles. The SMILES string of the molecule is CCN(CC)C(=O)COC(=O)/C=C/c1cc(OC)c2c(c1)OCCO2. The first-order valence-corrected chi connectivity index (χ1v) is 8.19. The van der Waals surface area contributed by atoms with Gasteiger partial charge in [-0.1, -0.05) is 0 Å². The third-order valence-corrected chi connectivity index (χ3v) is 3.72. The molecule has 0 saturated carbocycles. The van der Waals surface area contributed by atoms with Crippen molar-refractivity contribution in [3.63, 3.8) is 0 Å². The van der Waals surface area contributed by atoms with E-state index in [2.05, 4.69) is 0 Å². The minimum atomic E-state index is -0.589. The fraction of sp³-hybridized carbons (Fsp3) is 0.444. The molecule has 7 nitrogen and oxygen atoms in total. The quantitative estimate of drug-likeness (QED) is 0.553. The largest absolute Gasteiger partial charge is 0.493 e. The average molecular weight is 349 g/mol. The number of methoxy groups -OCH3 is 1. The number of ether oxygens (including phenoxy) is 4. The van der Waals surface area contributed by atoms with Crippen LogP contribution in [0.4, 0.5) is 0 Å². The van der Waals surface area contributed by atoms with Crippen molar-refractivity contribution < 1.29 is 28.5 Å². The second-order valence-corrected chi connectivity index (χ2v) is 5.25. The number of benzene rings is 1. The van der Waals surface area contributed by atoms with E-state index in [4.69, 9.17) is 18.9 Å². The Balaban J connectivity index is 1.99. The topological polar surface area (TPSA) is 74.3 Å². The monoisotopic (exact) mass is 349 g/mol. The molecule has 1 amide bonds. The summed E-state index contributed by atoms with van der Waals surface area (Å²) in [6.07, 6.45) is 2.84. The molecule has 0 unspecified atom stereocenters. The summed E-state index contributed by atoms with van der Waals surface area (Å²) in [5.74, 6) is 0.845. The number of rotatable bonds is 7. The third-order valence-electron chi connectivity index (χ3n) is 3.72. The summed E-state index contributed by atoms with van der Waals surface area (Å²) in [5.41, 5.74) is 0.702. The van der Waals surface area contributed by atoms with Crippen LogP contribution in [-0.4, -0.2) is 56.8 Å². The number of esters is 1. The molecule has 1 aliphatic heterocycles. The summed E-state index contributed by atoms with van der Waals surface area (Å²) in [6.45, 7) is 5.57. The van der Waals surface area contributed by atoms with Crippen molar-refractivity contribution in [2.24, 2.45) is 0 Å². The molecule has 0 atom stereocenters. The van der Waals surface area contributed by atoms with Crippen LogP contribution < -0.4 is 14.2 Å². The Morgan fingerprint density at radius 2 is 1.92 bits per heavy atom. The third kappa shape index (κ3) is 4.89. The van der Waals surface area contributed by atoms with Gasteiger partial charge in [-0.3, -0.25) is 4.79 Å². The van der Waals surface area contributed by atoms with Gasteiger partial charge in [-0.05, 0) is 37.6 Å². The second-order valence-electron chi connectivity index (χ2n) is 5.25. The molecular formula is C18H23NO6. The molecule has 25 heavy (non-hydrogen) atoms. The van der Waals surface area contributed by atoms with E-state index in [1.54, 1.807) is 23.1 Å². The highest BCUT2D eigenvalue weighted by Gasteiger charge is 2.18. The molecule has 0 fully saturated rings. The van der Waals surface area contributed by atoms with Crippen LogP contribution in [0.3, 0.4) is 0 Å². The van der Waals surface area contributed by atoms with Crippen LogP contribution in [0.5, 0.6) is 17.2 Å². The lowest BCUT2D eigenvalue weighted by atomic mass is 10.1. The zero-order chi connectivity index (χ0) is 18.2. The van der Waals surface area contributed by atoms with E-state index in [0.29, 0.717) is 49.1 Å². The van der Waals surface area contributed by atoms with Gasteiger partial charge in [-0.2, -0.15) is 0 Å². The van der Waals surface area contributed by atoms with Gasteiger partial charge in [0.15, 0.2) is 18.1 Å². The lowest BCUT2D eigenvalue weighted by Crippen LogP contribution is -2.34. The zero-order valence-corrected chi connectivity index (χ0v) is 14.7. The molecule has 1 aliphatic rings. The number of hydrogen-bond donors (Lipinski definition) is 0. The first-order chi connectivity index (χ1) is 12.1. The average Bonchev–Trinajstić information content (AvgIpc) is 2.64. The first-order valence-electron chi connectivity index (χ1n) is 8.19. The lowest BCUT2D eigenvalue weighted by molar-refractivity contribution is -0.147. The molecule has 0 aromatic heterocycles. The van der Waals surface area contributed by atoms with Gasteiger partial charge in [-0.15, -0.1) is 0 Å². The standard InChI is InChI=1S/C18H23NO6/c1-4-19(5-2)16(20)12-25-17(21)7-6-13-10-14(22-3)18-15(11-13)23-8-9-24-18/h6-7,10-11H,4-5,8-9,12H2,1-3H3/b7-6+. The van der Waals surface area contributed by atoms with Crippen molar-refractivity contribution >= 4 is 18.0 Å². The van der Waals surface area contributed by atoms with Crippen molar-refractivity contribution in [1.82, 2.24) is 4.90 Å². The maximum absolute atomic E-state index is 11.8. The summed E-state index contributed by atoms with van der Waals surface area (Å²) in [5, 5.41) is 0. The minimum absolute atomic E-state index is 0.215. The summed E-state index contributed by atoms with van der Waals surface area (Å²) in [6, 6.07) is 3.49. The number of amides is 1. The minimum Gasteiger partial charge on any atom is -0.493 e. The van der Waals surface area contributed by atoms with Gasteiger partial charge in [-0.25, -0.2) is 4.79 Å². The van der Waals surface area contributed by atoms with Crippen molar-refractivity contribution in [2.75, 3.05) is 40.0 Å². The second kappa shape index (κ2) is 8.96. The van der Waals surface area contributed by atoms with Crippen LogP contribution >= 0.6 is 0 Å². The molecular weight excluding hydrogens is 326 g/mol. The van der Waals surface area contributed by atoms with Crippen molar-refractivity contribution in [2.45, 2.75) is 13.8 Å². The molecule has 136 valence electrons. The van der Waals surface area contributed by atoms with Gasteiger partial charge in [0.25, 0.3) is 5.91 Å². The van der Waals surface area contributed by atoms with E-state index in [-0.39, 0.29) is 12.5 Å². The molecule has 2 rings (SSSR count). The lowest BCUT2D eigenvalue weighted by Gasteiger charge is -2.20. The maximum atomic E-state index is 11.8. The smallest absolute Gasteiger partial charge is 0.331 e. The maximum Gasteiger partial charge on any atom is 0.331 e. The van der Waals surface area contributed by atoms with Crippen molar-refractivity contribution in [3.05, 3.63) is 23.8 Å². The predicted octanol–water partition coefficient (Wildman–Crippen LogP) is 1.89. The van der Waals surface area contributed by atoms with Crippen LogP contribution in [0.25, 0.3) is 6.08 Å². The van der Waals surface area contributed by atoms with Gasteiger partial charge >= 0.3 is 5.97 Å². The van der Waals surface area contributed by atoms with E-state index in [1.165, 1.54) is 13.2 Å². The van der Waals surface area contributed by atoms with Crippen LogP contribution in [0.2, 0.25) is 0 Å². The van der Waals surface area contributed by atoms with Crippen LogP contribution in [-0.2, 0) is 14.3 Å². The molecule has 0 radical (unpaired) electrons. The summed E-state index contributed by atoms with van der Waals surface area (Å²) >= 11 is 0. The predicted molar refractivity (Wildman–Crippen MR) is 91.9 cm³/mol. The Labute approximate surface area is 147 Å².